The molecule has 1 saturated heterocycles. The van der Waals surface area contributed by atoms with E-state index in [-0.39, 0.29) is 21.7 Å². The Kier molecular flexibility index (Phi) is 6.53. The van der Waals surface area contributed by atoms with Crippen LogP contribution in [0.15, 0.2) is 64.3 Å². The first-order chi connectivity index (χ1) is 15.8. The van der Waals surface area contributed by atoms with Gasteiger partial charge in [-0.15, -0.1) is 0 Å². The van der Waals surface area contributed by atoms with Gasteiger partial charge < -0.3 is 5.32 Å². The molecule has 1 fully saturated rings. The molecule has 0 unspecified atom stereocenters. The second kappa shape index (κ2) is 9.36. The Morgan fingerprint density at radius 2 is 1.61 bits per heavy atom. The van der Waals surface area contributed by atoms with Gasteiger partial charge in [-0.2, -0.15) is 4.31 Å². The molecule has 0 radical (unpaired) electrons. The smallest absolute Gasteiger partial charge is 0.295 e. The first-order valence-corrected chi connectivity index (χ1v) is 12.5. The van der Waals surface area contributed by atoms with Gasteiger partial charge in [-0.25, -0.2) is 13.1 Å². The van der Waals surface area contributed by atoms with E-state index in [1.165, 1.54) is 21.1 Å². The van der Waals surface area contributed by atoms with Crippen LogP contribution in [0.2, 0.25) is 0 Å². The van der Waals surface area contributed by atoms with Gasteiger partial charge >= 0.3 is 0 Å². The minimum absolute atomic E-state index is 0.0866. The summed E-state index contributed by atoms with van der Waals surface area (Å²) in [6.07, 6.45) is 3.71. The van der Waals surface area contributed by atoms with Gasteiger partial charge in [-0.3, -0.25) is 14.3 Å². The number of carbonyl (C=O) groups is 1. The maximum atomic E-state index is 13.1. The second-order valence-electron chi connectivity index (χ2n) is 8.24. The van der Waals surface area contributed by atoms with Crippen LogP contribution in [0.4, 0.5) is 5.69 Å². The number of aromatic nitrogens is 2. The molecular weight excluding hydrogens is 440 g/mol. The third-order valence-corrected chi connectivity index (χ3v) is 7.99. The van der Waals surface area contributed by atoms with Crippen LogP contribution < -0.4 is 10.9 Å². The lowest BCUT2D eigenvalue weighted by Gasteiger charge is -2.20. The molecule has 0 bridgehead atoms. The average Bonchev–Trinajstić information content (AvgIpc) is 3.03. The first-order valence-electron chi connectivity index (χ1n) is 11.1. The Morgan fingerprint density at radius 1 is 0.939 bits per heavy atom. The molecule has 0 aliphatic carbocycles. The molecule has 2 heterocycles. The summed E-state index contributed by atoms with van der Waals surface area (Å²) in [7, 11) is -1.94. The average molecular weight is 469 g/mol. The first kappa shape index (κ1) is 23.0. The van der Waals surface area contributed by atoms with Crippen molar-refractivity contribution in [2.24, 2.45) is 7.05 Å². The molecule has 8 nitrogen and oxygen atoms in total. The third kappa shape index (κ3) is 4.51. The summed E-state index contributed by atoms with van der Waals surface area (Å²) in [5.41, 5.74) is 1.25. The summed E-state index contributed by atoms with van der Waals surface area (Å²) < 4.78 is 30.9. The fraction of sp³-hybridized carbons (Fsp3) is 0.333. The number of nitrogens with zero attached hydrogens (tertiary/aromatic N) is 3. The lowest BCUT2D eigenvalue weighted by molar-refractivity contribution is 0.102. The number of rotatable bonds is 5. The maximum absolute atomic E-state index is 13.1. The molecule has 174 valence electrons. The van der Waals surface area contributed by atoms with Crippen LogP contribution in [0.1, 0.15) is 41.7 Å². The van der Waals surface area contributed by atoms with E-state index in [4.69, 9.17) is 0 Å². The number of nitrogens with one attached hydrogen (secondary N) is 1. The van der Waals surface area contributed by atoms with Crippen LogP contribution in [0, 0.1) is 6.92 Å². The molecule has 1 aromatic heterocycles. The van der Waals surface area contributed by atoms with E-state index in [1.54, 1.807) is 30.8 Å². The highest BCUT2D eigenvalue weighted by atomic mass is 32.2. The highest BCUT2D eigenvalue weighted by Gasteiger charge is 2.26. The highest BCUT2D eigenvalue weighted by Crippen LogP contribution is 2.22. The van der Waals surface area contributed by atoms with Crippen LogP contribution in [0.5, 0.6) is 0 Å². The van der Waals surface area contributed by atoms with Gasteiger partial charge in [0.25, 0.3) is 11.5 Å². The summed E-state index contributed by atoms with van der Waals surface area (Å²) in [5.74, 6) is -0.533. The van der Waals surface area contributed by atoms with Gasteiger partial charge in [0.05, 0.1) is 16.3 Å². The second-order valence-corrected chi connectivity index (χ2v) is 10.2. The van der Waals surface area contributed by atoms with Crippen molar-refractivity contribution in [3.05, 3.63) is 76.2 Å². The zero-order valence-electron chi connectivity index (χ0n) is 18.8. The quantitative estimate of drug-likeness (QED) is 0.622. The number of para-hydroxylation sites is 1. The number of sulfonamides is 1. The number of hydrogen-bond donors (Lipinski definition) is 1. The zero-order chi connectivity index (χ0) is 23.6. The Balaban J connectivity index is 1.62. The van der Waals surface area contributed by atoms with Gasteiger partial charge in [-0.05, 0) is 50.1 Å². The number of carbonyl (C=O) groups excluding carboxylic acids is 1. The summed E-state index contributed by atoms with van der Waals surface area (Å²) in [5, 5.41) is 2.69. The molecule has 0 atom stereocenters. The van der Waals surface area contributed by atoms with E-state index in [0.29, 0.717) is 24.5 Å². The molecule has 2 aromatic carbocycles. The van der Waals surface area contributed by atoms with Crippen molar-refractivity contribution in [3.8, 4) is 5.69 Å². The number of hydrogen-bond acceptors (Lipinski definition) is 4. The van der Waals surface area contributed by atoms with Crippen molar-refractivity contribution >= 4 is 21.6 Å². The molecule has 9 heteroatoms. The minimum Gasteiger partial charge on any atom is -0.316 e. The van der Waals surface area contributed by atoms with Crippen LogP contribution >= 0.6 is 0 Å². The van der Waals surface area contributed by atoms with Crippen LogP contribution in [-0.2, 0) is 17.1 Å². The van der Waals surface area contributed by atoms with Gasteiger partial charge in [-0.1, -0.05) is 37.1 Å². The molecule has 1 aliphatic rings. The maximum Gasteiger partial charge on any atom is 0.295 e. The number of anilines is 1. The largest absolute Gasteiger partial charge is 0.316 e. The van der Waals surface area contributed by atoms with Crippen molar-refractivity contribution < 1.29 is 13.2 Å². The van der Waals surface area contributed by atoms with E-state index < -0.39 is 15.9 Å². The van der Waals surface area contributed by atoms with Gasteiger partial charge in [0.1, 0.15) is 5.69 Å². The monoisotopic (exact) mass is 468 g/mol. The molecule has 1 N–H and O–H groups in total. The van der Waals surface area contributed by atoms with Crippen molar-refractivity contribution in [2.45, 2.75) is 37.5 Å². The zero-order valence-corrected chi connectivity index (χ0v) is 19.6. The van der Waals surface area contributed by atoms with Crippen molar-refractivity contribution in [1.29, 1.82) is 0 Å². The van der Waals surface area contributed by atoms with Gasteiger partial charge in [0.15, 0.2) is 0 Å². The Labute approximate surface area is 193 Å². The van der Waals surface area contributed by atoms with Crippen LogP contribution in [0.3, 0.4) is 0 Å². The van der Waals surface area contributed by atoms with E-state index >= 15 is 0 Å². The van der Waals surface area contributed by atoms with Crippen LogP contribution in [0.25, 0.3) is 5.69 Å². The molecule has 4 rings (SSSR count). The van der Waals surface area contributed by atoms with E-state index in [1.807, 2.05) is 30.3 Å². The molecule has 33 heavy (non-hydrogen) atoms. The number of amides is 1. The summed E-state index contributed by atoms with van der Waals surface area (Å²) in [4.78, 5) is 26.2. The minimum atomic E-state index is -3.69. The predicted molar refractivity (Wildman–Crippen MR) is 127 cm³/mol. The fourth-order valence-corrected chi connectivity index (χ4v) is 5.69. The van der Waals surface area contributed by atoms with E-state index in [2.05, 4.69) is 5.32 Å². The fourth-order valence-electron chi connectivity index (χ4n) is 4.13. The van der Waals surface area contributed by atoms with E-state index in [0.717, 1.165) is 25.7 Å². The SMILES string of the molecule is Cc1c(NC(=O)c2cccc(S(=O)(=O)N3CCCCCC3)c2)c(=O)n(-c2ccccc2)n1C. The lowest BCUT2D eigenvalue weighted by atomic mass is 10.2. The lowest BCUT2D eigenvalue weighted by Crippen LogP contribution is -2.32. The van der Waals surface area contributed by atoms with Gasteiger partial charge in [0.2, 0.25) is 10.0 Å². The third-order valence-electron chi connectivity index (χ3n) is 6.09. The Morgan fingerprint density at radius 3 is 2.27 bits per heavy atom. The predicted octanol–water partition coefficient (Wildman–Crippen LogP) is 3.30. The Bertz CT molecular complexity index is 1320. The summed E-state index contributed by atoms with van der Waals surface area (Å²) >= 11 is 0. The Hall–Kier alpha value is -3.17. The van der Waals surface area contributed by atoms with Crippen LogP contribution in [-0.4, -0.2) is 41.1 Å². The standard InChI is InChI=1S/C24H28N4O4S/c1-18-22(24(30)28(26(18)2)20-12-6-5-7-13-20)25-23(29)19-11-10-14-21(17-19)33(31,32)27-15-8-3-4-9-16-27/h5-7,10-14,17H,3-4,8-9,15-16H2,1-2H3,(H,25,29). The highest BCUT2D eigenvalue weighted by molar-refractivity contribution is 7.89. The van der Waals surface area contributed by atoms with Crippen molar-refractivity contribution in [3.63, 3.8) is 0 Å². The van der Waals surface area contributed by atoms with Crippen molar-refractivity contribution in [2.75, 3.05) is 18.4 Å². The topological polar surface area (TPSA) is 93.4 Å². The normalized spacial score (nSPS) is 15.2. The van der Waals surface area contributed by atoms with Crippen molar-refractivity contribution in [1.82, 2.24) is 13.7 Å². The molecule has 1 aliphatic heterocycles. The molecular formula is C24H28N4O4S. The summed E-state index contributed by atoms with van der Waals surface area (Å²) in [6.45, 7) is 2.72. The molecule has 3 aromatic rings. The summed E-state index contributed by atoms with van der Waals surface area (Å²) in [6, 6.07) is 15.1. The number of benzene rings is 2. The molecule has 1 amide bonds. The molecule has 0 saturated carbocycles. The molecule has 0 spiro atoms. The van der Waals surface area contributed by atoms with E-state index in [9.17, 15) is 18.0 Å². The van der Waals surface area contributed by atoms with Gasteiger partial charge in [0, 0.05) is 25.7 Å².